The first kappa shape index (κ1) is 26.6. The Balaban J connectivity index is 1.23. The van der Waals surface area contributed by atoms with Gasteiger partial charge in [-0.2, -0.15) is 0 Å². The maximum absolute atomic E-state index is 6.69. The van der Waals surface area contributed by atoms with Crippen molar-refractivity contribution in [3.63, 3.8) is 0 Å². The monoisotopic (exact) mass is 615 g/mol. The van der Waals surface area contributed by atoms with E-state index < -0.39 is 0 Å². The number of benzene rings is 7. The molecule has 0 atom stereocenters. The molecule has 3 heterocycles. The van der Waals surface area contributed by atoms with Gasteiger partial charge >= 0.3 is 0 Å². The number of fused-ring (bicyclic) bond motifs is 8. The van der Waals surface area contributed by atoms with Gasteiger partial charge in [-0.3, -0.25) is 0 Å². The van der Waals surface area contributed by atoms with E-state index in [1.807, 2.05) is 78.9 Å². The lowest BCUT2D eigenvalue weighted by molar-refractivity contribution is 0.668. The number of nitrogens with zero attached hydrogens (tertiary/aromatic N) is 3. The quantitative estimate of drug-likeness (QED) is 0.197. The highest BCUT2D eigenvalue weighted by Crippen LogP contribution is 2.43. The lowest BCUT2D eigenvalue weighted by Crippen LogP contribution is -2.00. The summed E-state index contributed by atoms with van der Waals surface area (Å²) in [6, 6.07) is 51.5. The average molecular weight is 616 g/mol. The fourth-order valence-electron chi connectivity index (χ4n) is 6.89. The summed E-state index contributed by atoms with van der Waals surface area (Å²) in [6.07, 6.45) is 0. The molecule has 0 fully saturated rings. The molecule has 5 heteroatoms. The highest BCUT2D eigenvalue weighted by molar-refractivity contribution is 6.20. The van der Waals surface area contributed by atoms with E-state index in [9.17, 15) is 0 Å². The van der Waals surface area contributed by atoms with E-state index in [0.717, 1.165) is 71.7 Å². The first-order chi connectivity index (χ1) is 23.8. The largest absolute Gasteiger partial charge is 0.456 e. The zero-order valence-corrected chi connectivity index (χ0v) is 25.6. The van der Waals surface area contributed by atoms with E-state index in [1.165, 1.54) is 10.8 Å². The molecule has 10 rings (SSSR count). The Labute approximate surface area is 274 Å². The predicted molar refractivity (Wildman–Crippen MR) is 194 cm³/mol. The average Bonchev–Trinajstić information content (AvgIpc) is 3.74. The van der Waals surface area contributed by atoms with Crippen molar-refractivity contribution in [1.82, 2.24) is 15.0 Å². The summed E-state index contributed by atoms with van der Waals surface area (Å²) in [7, 11) is 0. The molecule has 3 aromatic heterocycles. The molecule has 0 saturated heterocycles. The van der Waals surface area contributed by atoms with E-state index in [-0.39, 0.29) is 0 Å². The fourth-order valence-corrected chi connectivity index (χ4v) is 6.89. The Bertz CT molecular complexity index is 2780. The third-order valence-electron chi connectivity index (χ3n) is 9.14. The van der Waals surface area contributed by atoms with E-state index in [0.29, 0.717) is 17.5 Å². The molecule has 5 nitrogen and oxygen atoms in total. The maximum Gasteiger partial charge on any atom is 0.164 e. The standard InChI is InChI=1S/C43H25N3O2/c1-3-12-27(13-4-1)41-44-42(28-14-5-2-6-15-28)46-43(45-41)33-22-21-31(40-39(33)32-17-9-10-18-35(32)48-40)29-20-23-36-34(25-29)38-30-16-8-7-11-26(30)19-24-37(38)47-36/h1-25H. The zero-order valence-electron chi connectivity index (χ0n) is 25.6. The van der Waals surface area contributed by atoms with Gasteiger partial charge in [-0.25, -0.2) is 15.0 Å². The smallest absolute Gasteiger partial charge is 0.164 e. The van der Waals surface area contributed by atoms with Crippen molar-refractivity contribution < 1.29 is 8.83 Å². The number of rotatable bonds is 4. The number of furan rings is 2. The van der Waals surface area contributed by atoms with Crippen molar-refractivity contribution in [2.45, 2.75) is 0 Å². The van der Waals surface area contributed by atoms with Gasteiger partial charge < -0.3 is 8.83 Å². The van der Waals surface area contributed by atoms with Crippen molar-refractivity contribution in [3.8, 4) is 45.3 Å². The van der Waals surface area contributed by atoms with Gasteiger partial charge in [0.25, 0.3) is 0 Å². The highest BCUT2D eigenvalue weighted by Gasteiger charge is 2.21. The van der Waals surface area contributed by atoms with E-state index >= 15 is 0 Å². The van der Waals surface area contributed by atoms with Crippen molar-refractivity contribution in [2.75, 3.05) is 0 Å². The third kappa shape index (κ3) is 4.15. The van der Waals surface area contributed by atoms with Gasteiger partial charge in [0.05, 0.1) is 0 Å². The summed E-state index contributed by atoms with van der Waals surface area (Å²) in [5, 5.41) is 6.53. The molecular weight excluding hydrogens is 590 g/mol. The molecule has 0 aliphatic rings. The molecule has 224 valence electrons. The first-order valence-corrected chi connectivity index (χ1v) is 15.9. The minimum atomic E-state index is 0.591. The summed E-state index contributed by atoms with van der Waals surface area (Å²) in [5.41, 5.74) is 8.10. The van der Waals surface area contributed by atoms with Crippen LogP contribution in [0.2, 0.25) is 0 Å². The second-order valence-corrected chi connectivity index (χ2v) is 12.0. The Morgan fingerprint density at radius 2 is 0.958 bits per heavy atom. The van der Waals surface area contributed by atoms with Crippen LogP contribution in [0.1, 0.15) is 0 Å². The van der Waals surface area contributed by atoms with Crippen LogP contribution >= 0.6 is 0 Å². The molecule has 0 saturated carbocycles. The normalized spacial score (nSPS) is 11.8. The molecule has 0 unspecified atom stereocenters. The van der Waals surface area contributed by atoms with Crippen LogP contribution in [0.5, 0.6) is 0 Å². The van der Waals surface area contributed by atoms with Crippen molar-refractivity contribution in [3.05, 3.63) is 152 Å². The molecule has 0 amide bonds. The van der Waals surface area contributed by atoms with E-state index in [4.69, 9.17) is 23.8 Å². The summed E-state index contributed by atoms with van der Waals surface area (Å²) >= 11 is 0. The van der Waals surface area contributed by atoms with Gasteiger partial charge in [0.15, 0.2) is 17.5 Å². The second kappa shape index (κ2) is 10.5. The molecule has 7 aromatic carbocycles. The van der Waals surface area contributed by atoms with Crippen LogP contribution in [-0.2, 0) is 0 Å². The Hall–Kier alpha value is -6.59. The summed E-state index contributed by atoms with van der Waals surface area (Å²) in [4.78, 5) is 15.0. The molecule has 48 heavy (non-hydrogen) atoms. The van der Waals surface area contributed by atoms with E-state index in [2.05, 4.69) is 72.8 Å². The van der Waals surface area contributed by atoms with Crippen molar-refractivity contribution in [2.24, 2.45) is 0 Å². The van der Waals surface area contributed by atoms with Gasteiger partial charge in [-0.15, -0.1) is 0 Å². The molecule has 0 aliphatic carbocycles. The molecular formula is C43H25N3O2. The number of hydrogen-bond donors (Lipinski definition) is 0. The van der Waals surface area contributed by atoms with Gasteiger partial charge in [-0.1, -0.05) is 115 Å². The molecule has 0 spiro atoms. The van der Waals surface area contributed by atoms with Crippen LogP contribution in [0.4, 0.5) is 0 Å². The Morgan fingerprint density at radius 1 is 0.354 bits per heavy atom. The summed E-state index contributed by atoms with van der Waals surface area (Å²) in [6.45, 7) is 0. The molecule has 0 N–H and O–H groups in total. The summed E-state index contributed by atoms with van der Waals surface area (Å²) < 4.78 is 13.0. The minimum absolute atomic E-state index is 0.591. The van der Waals surface area contributed by atoms with Crippen molar-refractivity contribution >= 4 is 54.6 Å². The summed E-state index contributed by atoms with van der Waals surface area (Å²) in [5.74, 6) is 1.83. The van der Waals surface area contributed by atoms with Gasteiger partial charge in [-0.05, 0) is 52.7 Å². The van der Waals surface area contributed by atoms with Crippen LogP contribution in [0.15, 0.2) is 160 Å². The third-order valence-corrected chi connectivity index (χ3v) is 9.14. The van der Waals surface area contributed by atoms with Crippen LogP contribution in [0.3, 0.4) is 0 Å². The SMILES string of the molecule is c1ccc(-c2nc(-c3ccccc3)nc(-c3ccc(-c4ccc5oc6ccc7ccccc7c6c5c4)c4oc5ccccc5c34)n2)cc1. The predicted octanol–water partition coefficient (Wildman–Crippen LogP) is 11.5. The zero-order chi connectivity index (χ0) is 31.6. The number of hydrogen-bond acceptors (Lipinski definition) is 5. The lowest BCUT2D eigenvalue weighted by Gasteiger charge is -2.11. The first-order valence-electron chi connectivity index (χ1n) is 15.9. The number of aromatic nitrogens is 3. The lowest BCUT2D eigenvalue weighted by atomic mass is 9.96. The Kier molecular flexibility index (Phi) is 5.81. The Morgan fingerprint density at radius 3 is 1.73 bits per heavy atom. The fraction of sp³-hybridized carbons (Fsp3) is 0. The number of para-hydroxylation sites is 1. The highest BCUT2D eigenvalue weighted by atomic mass is 16.3. The molecule has 0 aliphatic heterocycles. The van der Waals surface area contributed by atoms with Gasteiger partial charge in [0.2, 0.25) is 0 Å². The molecule has 10 aromatic rings. The van der Waals surface area contributed by atoms with Gasteiger partial charge in [0, 0.05) is 43.8 Å². The maximum atomic E-state index is 6.69. The van der Waals surface area contributed by atoms with Crippen LogP contribution in [0, 0.1) is 0 Å². The van der Waals surface area contributed by atoms with Crippen molar-refractivity contribution in [1.29, 1.82) is 0 Å². The van der Waals surface area contributed by atoms with Gasteiger partial charge in [0.1, 0.15) is 22.3 Å². The van der Waals surface area contributed by atoms with Crippen LogP contribution in [0.25, 0.3) is 99.9 Å². The van der Waals surface area contributed by atoms with Crippen LogP contribution < -0.4 is 0 Å². The van der Waals surface area contributed by atoms with Crippen LogP contribution in [-0.4, -0.2) is 15.0 Å². The molecule has 0 bridgehead atoms. The topological polar surface area (TPSA) is 65.0 Å². The minimum Gasteiger partial charge on any atom is -0.456 e. The van der Waals surface area contributed by atoms with E-state index in [1.54, 1.807) is 0 Å². The second-order valence-electron chi connectivity index (χ2n) is 12.0. The molecule has 0 radical (unpaired) electrons.